The Morgan fingerprint density at radius 3 is 2.66 bits per heavy atom. The average molecular weight is 458 g/mol. The van der Waals surface area contributed by atoms with Crippen LogP contribution in [0.25, 0.3) is 0 Å². The van der Waals surface area contributed by atoms with E-state index >= 15 is 0 Å². The van der Waals surface area contributed by atoms with Gasteiger partial charge in [0, 0.05) is 18.0 Å². The van der Waals surface area contributed by atoms with E-state index in [-0.39, 0.29) is 11.6 Å². The number of benzene rings is 2. The molecule has 0 unspecified atom stereocenters. The molecule has 4 rings (SSSR count). The maximum Gasteiger partial charge on any atom is 0.161 e. The molecule has 0 spiro atoms. The van der Waals surface area contributed by atoms with Crippen molar-refractivity contribution < 1.29 is 17.5 Å². The summed E-state index contributed by atoms with van der Waals surface area (Å²) in [5.74, 6) is 1.10. The number of hydrogen-bond acceptors (Lipinski definition) is 6. The zero-order valence-corrected chi connectivity index (χ0v) is 19.0. The summed E-state index contributed by atoms with van der Waals surface area (Å²) in [5.41, 5.74) is 2.19. The lowest BCUT2D eigenvalue weighted by Crippen LogP contribution is -2.27. The van der Waals surface area contributed by atoms with Gasteiger partial charge in [-0.2, -0.15) is 0 Å². The van der Waals surface area contributed by atoms with Gasteiger partial charge in [-0.3, -0.25) is 0 Å². The van der Waals surface area contributed by atoms with Gasteiger partial charge in [0.2, 0.25) is 0 Å². The summed E-state index contributed by atoms with van der Waals surface area (Å²) in [7, 11) is -3.12. The smallest absolute Gasteiger partial charge is 0.161 e. The monoisotopic (exact) mass is 457 g/mol. The van der Waals surface area contributed by atoms with Crippen molar-refractivity contribution in [2.45, 2.75) is 37.9 Å². The molecule has 32 heavy (non-hydrogen) atoms. The lowest BCUT2D eigenvalue weighted by atomic mass is 9.90. The fourth-order valence-electron chi connectivity index (χ4n) is 4.14. The van der Waals surface area contributed by atoms with Gasteiger partial charge in [0.25, 0.3) is 0 Å². The van der Waals surface area contributed by atoms with Crippen LogP contribution in [0, 0.1) is 11.7 Å². The second-order valence-corrected chi connectivity index (χ2v) is 10.7. The second-order valence-electron chi connectivity index (χ2n) is 8.53. The van der Waals surface area contributed by atoms with E-state index < -0.39 is 9.84 Å². The fourth-order valence-corrected chi connectivity index (χ4v) is 4.92. The first-order valence-electron chi connectivity index (χ1n) is 10.9. The standard InChI is InChI=1S/C24H28FN3O3S/c1-32(29,30)15-19-8-5-9-21(12-19)28-16-26-24(27-17-28)22-11-10-20(25)13-23(22)31-14-18-6-3-2-4-7-18/h5,8-13,16,18H,2-4,6-7,14-15,17H2,1H3. The highest BCUT2D eigenvalue weighted by atomic mass is 32.2. The zero-order valence-electron chi connectivity index (χ0n) is 18.2. The van der Waals surface area contributed by atoms with Crippen molar-refractivity contribution in [2.75, 3.05) is 24.4 Å². The summed E-state index contributed by atoms with van der Waals surface area (Å²) in [6.07, 6.45) is 8.91. The third-order valence-electron chi connectivity index (χ3n) is 5.75. The largest absolute Gasteiger partial charge is 0.492 e. The molecule has 0 atom stereocenters. The minimum absolute atomic E-state index is 0.0163. The minimum atomic E-state index is -3.12. The number of hydrogen-bond donors (Lipinski definition) is 0. The van der Waals surface area contributed by atoms with Crippen LogP contribution < -0.4 is 9.64 Å². The van der Waals surface area contributed by atoms with E-state index in [1.54, 1.807) is 18.5 Å². The number of rotatable bonds is 7. The van der Waals surface area contributed by atoms with Gasteiger partial charge in [0.15, 0.2) is 15.7 Å². The highest BCUT2D eigenvalue weighted by Gasteiger charge is 2.19. The molecule has 1 aliphatic carbocycles. The summed E-state index contributed by atoms with van der Waals surface area (Å²) >= 11 is 0. The molecule has 0 radical (unpaired) electrons. The number of sulfone groups is 1. The van der Waals surface area contributed by atoms with Crippen LogP contribution in [0.5, 0.6) is 5.75 Å². The summed E-state index contributed by atoms with van der Waals surface area (Å²) in [4.78, 5) is 10.9. The molecule has 6 nitrogen and oxygen atoms in total. The summed E-state index contributed by atoms with van der Waals surface area (Å²) in [6.45, 7) is 0.896. The number of amidine groups is 1. The molecule has 0 N–H and O–H groups in total. The second kappa shape index (κ2) is 9.81. The third-order valence-corrected chi connectivity index (χ3v) is 6.60. The number of nitrogens with zero attached hydrogens (tertiary/aromatic N) is 3. The summed E-state index contributed by atoms with van der Waals surface area (Å²) in [5, 5.41) is 0. The van der Waals surface area contributed by atoms with Crippen molar-refractivity contribution in [2.24, 2.45) is 15.9 Å². The van der Waals surface area contributed by atoms with Gasteiger partial charge in [-0.1, -0.05) is 31.4 Å². The number of anilines is 1. The molecule has 0 saturated heterocycles. The molecule has 2 aromatic rings. The maximum absolute atomic E-state index is 13.9. The van der Waals surface area contributed by atoms with E-state index in [0.717, 1.165) is 18.5 Å². The molecule has 1 saturated carbocycles. The molecule has 2 aromatic carbocycles. The first-order valence-corrected chi connectivity index (χ1v) is 13.0. The highest BCUT2D eigenvalue weighted by Crippen LogP contribution is 2.28. The van der Waals surface area contributed by atoms with Gasteiger partial charge in [-0.25, -0.2) is 22.8 Å². The topological polar surface area (TPSA) is 71.3 Å². The Bertz CT molecular complexity index is 1130. The van der Waals surface area contributed by atoms with E-state index in [4.69, 9.17) is 4.74 Å². The Balaban J connectivity index is 1.47. The van der Waals surface area contributed by atoms with E-state index in [2.05, 4.69) is 9.98 Å². The first kappa shape index (κ1) is 22.5. The van der Waals surface area contributed by atoms with Crippen LogP contribution in [-0.2, 0) is 15.6 Å². The number of ether oxygens (including phenoxy) is 1. The SMILES string of the molecule is CS(=O)(=O)Cc1cccc(N2C=NC(c3ccc(F)cc3OCC3CCCCC3)=NC2)c1. The van der Waals surface area contributed by atoms with Gasteiger partial charge in [-0.15, -0.1) is 0 Å². The molecule has 1 fully saturated rings. The van der Waals surface area contributed by atoms with Crippen molar-refractivity contribution in [3.8, 4) is 5.75 Å². The molecular weight excluding hydrogens is 429 g/mol. The van der Waals surface area contributed by atoms with Crippen LogP contribution in [0.2, 0.25) is 0 Å². The normalized spacial score (nSPS) is 17.3. The van der Waals surface area contributed by atoms with Gasteiger partial charge in [0.05, 0.1) is 24.3 Å². The quantitative estimate of drug-likeness (QED) is 0.610. The number of halogens is 1. The van der Waals surface area contributed by atoms with Crippen LogP contribution in [0.15, 0.2) is 52.4 Å². The van der Waals surface area contributed by atoms with Gasteiger partial charge in [-0.05, 0) is 48.6 Å². The van der Waals surface area contributed by atoms with E-state index in [0.29, 0.717) is 41.9 Å². The van der Waals surface area contributed by atoms with Crippen LogP contribution in [0.3, 0.4) is 0 Å². The highest BCUT2D eigenvalue weighted by molar-refractivity contribution is 7.89. The van der Waals surface area contributed by atoms with Crippen LogP contribution in [-0.4, -0.2) is 40.1 Å². The molecule has 0 amide bonds. The predicted molar refractivity (Wildman–Crippen MR) is 126 cm³/mol. The third kappa shape index (κ3) is 5.94. The van der Waals surface area contributed by atoms with Crippen molar-refractivity contribution in [1.82, 2.24) is 0 Å². The van der Waals surface area contributed by atoms with Crippen molar-refractivity contribution in [3.63, 3.8) is 0 Å². The Kier molecular flexibility index (Phi) is 6.89. The minimum Gasteiger partial charge on any atom is -0.492 e. The van der Waals surface area contributed by atoms with E-state index in [1.807, 2.05) is 23.1 Å². The Labute approximate surface area is 188 Å². The van der Waals surface area contributed by atoms with Crippen LogP contribution >= 0.6 is 0 Å². The molecular formula is C24H28FN3O3S. The van der Waals surface area contributed by atoms with Crippen molar-refractivity contribution >= 4 is 27.7 Å². The first-order chi connectivity index (χ1) is 15.4. The Morgan fingerprint density at radius 1 is 1.12 bits per heavy atom. The van der Waals surface area contributed by atoms with Gasteiger partial charge < -0.3 is 9.64 Å². The number of aliphatic imine (C=N–C) groups is 2. The van der Waals surface area contributed by atoms with E-state index in [1.165, 1.54) is 37.7 Å². The Hall–Kier alpha value is -2.74. The molecule has 0 bridgehead atoms. The van der Waals surface area contributed by atoms with E-state index in [9.17, 15) is 12.8 Å². The van der Waals surface area contributed by atoms with Gasteiger partial charge >= 0.3 is 0 Å². The van der Waals surface area contributed by atoms with Crippen LogP contribution in [0.1, 0.15) is 43.2 Å². The molecule has 8 heteroatoms. The fraction of sp³-hybridized carbons (Fsp3) is 0.417. The zero-order chi connectivity index (χ0) is 22.6. The molecule has 1 heterocycles. The summed E-state index contributed by atoms with van der Waals surface area (Å²) < 4.78 is 43.1. The molecule has 0 aromatic heterocycles. The average Bonchev–Trinajstić information content (AvgIpc) is 2.78. The Morgan fingerprint density at radius 2 is 1.94 bits per heavy atom. The predicted octanol–water partition coefficient (Wildman–Crippen LogP) is 4.58. The lowest BCUT2D eigenvalue weighted by molar-refractivity contribution is 0.208. The van der Waals surface area contributed by atoms with Crippen LogP contribution in [0.4, 0.5) is 10.1 Å². The molecule has 2 aliphatic rings. The van der Waals surface area contributed by atoms with Crippen molar-refractivity contribution in [3.05, 3.63) is 59.4 Å². The molecule has 1 aliphatic heterocycles. The van der Waals surface area contributed by atoms with Crippen molar-refractivity contribution in [1.29, 1.82) is 0 Å². The maximum atomic E-state index is 13.9. The van der Waals surface area contributed by atoms with Gasteiger partial charge in [0.1, 0.15) is 18.2 Å². The molecule has 170 valence electrons. The lowest BCUT2D eigenvalue weighted by Gasteiger charge is -2.24. The summed E-state index contributed by atoms with van der Waals surface area (Å²) in [6, 6.07) is 11.8.